The quantitative estimate of drug-likeness (QED) is 0.386. The molecule has 0 aliphatic heterocycles. The van der Waals surface area contributed by atoms with Crippen LogP contribution in [0.15, 0.2) is 46.1 Å². The van der Waals surface area contributed by atoms with Gasteiger partial charge in [0.25, 0.3) is 0 Å². The highest BCUT2D eigenvalue weighted by atomic mass is 35.5. The Morgan fingerprint density at radius 2 is 1.97 bits per heavy atom. The van der Waals surface area contributed by atoms with Gasteiger partial charge in [0.2, 0.25) is 11.9 Å². The molecule has 0 fully saturated rings. The number of halogens is 1. The van der Waals surface area contributed by atoms with E-state index in [0.717, 1.165) is 32.3 Å². The standard InChI is InChI=1S/C22H22ClN5O2S/c1-4-28-21(25-26-22(28)31-12-15-7-5-6-8-17(15)23)24-20(29)11-18-16-9-13(2)14(3)10-19(16)30-27-18/h5-10H,4,11-12H2,1-3H3,(H,24,25,29). The van der Waals surface area contributed by atoms with Crippen molar-refractivity contribution in [1.82, 2.24) is 19.9 Å². The molecule has 2 aromatic carbocycles. The summed E-state index contributed by atoms with van der Waals surface area (Å²) in [6.07, 6.45) is 0.0914. The molecule has 7 nitrogen and oxygen atoms in total. The number of rotatable bonds is 7. The fourth-order valence-corrected chi connectivity index (χ4v) is 4.51. The summed E-state index contributed by atoms with van der Waals surface area (Å²) < 4.78 is 7.26. The average molecular weight is 456 g/mol. The fourth-order valence-electron chi connectivity index (χ4n) is 3.22. The summed E-state index contributed by atoms with van der Waals surface area (Å²) in [6, 6.07) is 11.6. The smallest absolute Gasteiger partial charge is 0.232 e. The van der Waals surface area contributed by atoms with Gasteiger partial charge in [-0.05, 0) is 55.7 Å². The Kier molecular flexibility index (Phi) is 6.29. The Morgan fingerprint density at radius 1 is 1.19 bits per heavy atom. The van der Waals surface area contributed by atoms with Gasteiger partial charge in [-0.1, -0.05) is 46.7 Å². The van der Waals surface area contributed by atoms with Gasteiger partial charge < -0.3 is 4.52 Å². The van der Waals surface area contributed by atoms with Crippen LogP contribution >= 0.6 is 23.4 Å². The summed E-state index contributed by atoms with van der Waals surface area (Å²) in [7, 11) is 0. The van der Waals surface area contributed by atoms with E-state index >= 15 is 0 Å². The van der Waals surface area contributed by atoms with Crippen LogP contribution < -0.4 is 5.32 Å². The van der Waals surface area contributed by atoms with Crippen molar-refractivity contribution in [3.05, 3.63) is 63.8 Å². The molecule has 2 heterocycles. The third-order valence-electron chi connectivity index (χ3n) is 5.09. The number of amides is 1. The predicted molar refractivity (Wildman–Crippen MR) is 123 cm³/mol. The van der Waals surface area contributed by atoms with Crippen LogP contribution in [0.3, 0.4) is 0 Å². The molecule has 0 saturated heterocycles. The molecule has 0 radical (unpaired) electrons. The van der Waals surface area contributed by atoms with Crippen LogP contribution in [-0.2, 0) is 23.5 Å². The number of anilines is 1. The first-order valence-electron chi connectivity index (χ1n) is 9.91. The van der Waals surface area contributed by atoms with Crippen LogP contribution in [0.25, 0.3) is 11.0 Å². The van der Waals surface area contributed by atoms with E-state index < -0.39 is 0 Å². The molecule has 31 heavy (non-hydrogen) atoms. The van der Waals surface area contributed by atoms with Crippen LogP contribution in [0.5, 0.6) is 0 Å². The number of carbonyl (C=O) groups excluding carboxylic acids is 1. The molecular formula is C22H22ClN5O2S. The minimum atomic E-state index is -0.224. The predicted octanol–water partition coefficient (Wildman–Crippen LogP) is 5.18. The number of nitrogens with zero attached hydrogens (tertiary/aromatic N) is 4. The molecular weight excluding hydrogens is 434 g/mol. The molecule has 0 bridgehead atoms. The van der Waals surface area contributed by atoms with Gasteiger partial charge in [-0.25, -0.2) is 0 Å². The molecule has 0 aliphatic carbocycles. The Hall–Kier alpha value is -2.84. The largest absolute Gasteiger partial charge is 0.356 e. The molecule has 9 heteroatoms. The zero-order valence-electron chi connectivity index (χ0n) is 17.5. The van der Waals surface area contributed by atoms with Crippen molar-refractivity contribution in [1.29, 1.82) is 0 Å². The highest BCUT2D eigenvalue weighted by Crippen LogP contribution is 2.27. The number of benzene rings is 2. The van der Waals surface area contributed by atoms with Gasteiger partial charge in [-0.15, -0.1) is 10.2 Å². The highest BCUT2D eigenvalue weighted by Gasteiger charge is 2.18. The number of thioether (sulfide) groups is 1. The zero-order chi connectivity index (χ0) is 22.0. The highest BCUT2D eigenvalue weighted by molar-refractivity contribution is 7.98. The lowest BCUT2D eigenvalue weighted by atomic mass is 10.1. The summed E-state index contributed by atoms with van der Waals surface area (Å²) in [4.78, 5) is 12.7. The number of aromatic nitrogens is 4. The van der Waals surface area contributed by atoms with Crippen LogP contribution in [-0.4, -0.2) is 25.8 Å². The van der Waals surface area contributed by atoms with E-state index in [4.69, 9.17) is 16.1 Å². The number of hydrogen-bond acceptors (Lipinski definition) is 6. The second-order valence-electron chi connectivity index (χ2n) is 7.22. The van der Waals surface area contributed by atoms with Gasteiger partial charge >= 0.3 is 0 Å². The molecule has 1 N–H and O–H groups in total. The number of carbonyl (C=O) groups is 1. The summed E-state index contributed by atoms with van der Waals surface area (Å²) in [6.45, 7) is 6.65. The van der Waals surface area contributed by atoms with Gasteiger partial charge in [0.1, 0.15) is 5.69 Å². The minimum Gasteiger partial charge on any atom is -0.356 e. The average Bonchev–Trinajstić information content (AvgIpc) is 3.31. The van der Waals surface area contributed by atoms with Crippen LogP contribution in [0, 0.1) is 13.8 Å². The second-order valence-corrected chi connectivity index (χ2v) is 8.57. The van der Waals surface area contributed by atoms with E-state index in [0.29, 0.717) is 29.5 Å². The van der Waals surface area contributed by atoms with Crippen LogP contribution in [0.1, 0.15) is 29.3 Å². The van der Waals surface area contributed by atoms with E-state index in [1.165, 1.54) is 11.8 Å². The van der Waals surface area contributed by atoms with Crippen molar-refractivity contribution < 1.29 is 9.32 Å². The van der Waals surface area contributed by atoms with E-state index in [-0.39, 0.29) is 12.3 Å². The first-order chi connectivity index (χ1) is 15.0. The summed E-state index contributed by atoms with van der Waals surface area (Å²) >= 11 is 7.76. The SMILES string of the molecule is CCn1c(NC(=O)Cc2noc3cc(C)c(C)cc23)nnc1SCc1ccccc1Cl. The fraction of sp³-hybridized carbons (Fsp3) is 0.273. The monoisotopic (exact) mass is 455 g/mol. The Labute approximate surface area is 189 Å². The molecule has 0 spiro atoms. The van der Waals surface area contributed by atoms with Crippen molar-refractivity contribution in [3.8, 4) is 0 Å². The molecule has 160 valence electrons. The van der Waals surface area contributed by atoms with Gasteiger partial charge in [0.15, 0.2) is 10.7 Å². The topological polar surface area (TPSA) is 85.8 Å². The Morgan fingerprint density at radius 3 is 2.74 bits per heavy atom. The first kappa shape index (κ1) is 21.4. The van der Waals surface area contributed by atoms with Crippen LogP contribution in [0.4, 0.5) is 5.95 Å². The van der Waals surface area contributed by atoms with Gasteiger partial charge in [0, 0.05) is 22.7 Å². The molecule has 2 aromatic heterocycles. The van der Waals surface area contributed by atoms with Crippen molar-refractivity contribution >= 4 is 46.2 Å². The normalized spacial score (nSPS) is 11.2. The minimum absolute atomic E-state index is 0.0914. The third kappa shape index (κ3) is 4.60. The van der Waals surface area contributed by atoms with Crippen molar-refractivity contribution in [2.24, 2.45) is 0 Å². The first-order valence-corrected chi connectivity index (χ1v) is 11.3. The summed E-state index contributed by atoms with van der Waals surface area (Å²) in [5.74, 6) is 0.849. The van der Waals surface area contributed by atoms with E-state index in [1.54, 1.807) is 0 Å². The van der Waals surface area contributed by atoms with Gasteiger partial charge in [-0.2, -0.15) is 0 Å². The summed E-state index contributed by atoms with van der Waals surface area (Å²) in [5, 5.41) is 17.6. The summed E-state index contributed by atoms with van der Waals surface area (Å²) in [5.41, 5.74) is 4.56. The lowest BCUT2D eigenvalue weighted by Gasteiger charge is -2.08. The second kappa shape index (κ2) is 9.11. The zero-order valence-corrected chi connectivity index (χ0v) is 19.0. The van der Waals surface area contributed by atoms with Crippen molar-refractivity contribution in [2.45, 2.75) is 44.6 Å². The van der Waals surface area contributed by atoms with Crippen LogP contribution in [0.2, 0.25) is 5.02 Å². The molecule has 4 aromatic rings. The number of fused-ring (bicyclic) bond motifs is 1. The Balaban J connectivity index is 1.46. The van der Waals surface area contributed by atoms with Gasteiger partial charge in [-0.3, -0.25) is 14.7 Å². The van der Waals surface area contributed by atoms with E-state index in [9.17, 15) is 4.79 Å². The maximum Gasteiger partial charge on any atom is 0.232 e. The maximum atomic E-state index is 12.7. The number of aryl methyl sites for hydroxylation is 2. The Bertz CT molecular complexity index is 1250. The maximum absolute atomic E-state index is 12.7. The molecule has 0 aliphatic rings. The number of hydrogen-bond donors (Lipinski definition) is 1. The molecule has 0 atom stereocenters. The van der Waals surface area contributed by atoms with Crippen molar-refractivity contribution in [3.63, 3.8) is 0 Å². The lowest BCUT2D eigenvalue weighted by molar-refractivity contribution is -0.115. The molecule has 1 amide bonds. The lowest BCUT2D eigenvalue weighted by Crippen LogP contribution is -2.18. The number of nitrogens with one attached hydrogen (secondary N) is 1. The molecule has 4 rings (SSSR count). The third-order valence-corrected chi connectivity index (χ3v) is 6.47. The molecule has 0 unspecified atom stereocenters. The van der Waals surface area contributed by atoms with E-state index in [2.05, 4.69) is 20.7 Å². The van der Waals surface area contributed by atoms with E-state index in [1.807, 2.05) is 61.7 Å². The molecule has 0 saturated carbocycles. The van der Waals surface area contributed by atoms with Gasteiger partial charge in [0.05, 0.1) is 6.42 Å². The van der Waals surface area contributed by atoms with Crippen molar-refractivity contribution in [2.75, 3.05) is 5.32 Å².